The molecule has 1 saturated heterocycles. The number of anilines is 1. The van der Waals surface area contributed by atoms with Crippen LogP contribution in [0, 0.1) is 0 Å². The van der Waals surface area contributed by atoms with Crippen molar-refractivity contribution in [3.8, 4) is 0 Å². The molecule has 2 aliphatic rings. The van der Waals surface area contributed by atoms with Crippen LogP contribution in [0.2, 0.25) is 0 Å². The van der Waals surface area contributed by atoms with E-state index in [4.69, 9.17) is 10.7 Å². The fourth-order valence-electron chi connectivity index (χ4n) is 4.84. The molecule has 1 aliphatic heterocycles. The molecule has 3 heterocycles. The van der Waals surface area contributed by atoms with E-state index in [1.54, 1.807) is 0 Å². The van der Waals surface area contributed by atoms with Crippen LogP contribution in [0.1, 0.15) is 59.2 Å². The standard InChI is InChI=1S/C22H26N6O/c1-27-18-11-5-4-10-17(18)24-20(27)14-7-6-12-28(13-14)21(29)19-15-8-2-3-9-16(15)25-22(23)26-19/h4-5,10-11,14H,2-3,6-9,12-13H2,1H3,(H2,23,25,26). The maximum atomic E-state index is 13.4. The Morgan fingerprint density at radius 3 is 2.79 bits per heavy atom. The van der Waals surface area contributed by atoms with E-state index in [0.717, 1.165) is 73.2 Å². The lowest BCUT2D eigenvalue weighted by atomic mass is 9.93. The first-order chi connectivity index (χ1) is 14.1. The van der Waals surface area contributed by atoms with Crippen molar-refractivity contribution in [3.05, 3.63) is 47.0 Å². The lowest BCUT2D eigenvalue weighted by Crippen LogP contribution is -2.40. The summed E-state index contributed by atoms with van der Waals surface area (Å²) in [5.41, 5.74) is 10.5. The molecule has 7 heteroatoms. The summed E-state index contributed by atoms with van der Waals surface area (Å²) in [5.74, 6) is 1.46. The number of aryl methyl sites for hydroxylation is 2. The van der Waals surface area contributed by atoms with Gasteiger partial charge in [-0.2, -0.15) is 0 Å². The van der Waals surface area contributed by atoms with Gasteiger partial charge >= 0.3 is 0 Å². The smallest absolute Gasteiger partial charge is 0.272 e. The van der Waals surface area contributed by atoms with E-state index in [2.05, 4.69) is 27.6 Å². The number of fused-ring (bicyclic) bond motifs is 2. The summed E-state index contributed by atoms with van der Waals surface area (Å²) in [6.07, 6.45) is 5.90. The Hall–Kier alpha value is -2.96. The molecule has 3 aromatic rings. The predicted octanol–water partition coefficient (Wildman–Crippen LogP) is 2.84. The van der Waals surface area contributed by atoms with Crippen molar-refractivity contribution < 1.29 is 4.79 Å². The molecule has 150 valence electrons. The molecule has 0 saturated carbocycles. The zero-order valence-electron chi connectivity index (χ0n) is 16.8. The predicted molar refractivity (Wildman–Crippen MR) is 112 cm³/mol. The molecule has 1 aliphatic carbocycles. The molecule has 2 N–H and O–H groups in total. The minimum atomic E-state index is -0.0132. The first-order valence-corrected chi connectivity index (χ1v) is 10.5. The Labute approximate surface area is 170 Å². The molecule has 1 atom stereocenters. The highest BCUT2D eigenvalue weighted by Crippen LogP contribution is 2.30. The molecule has 0 bridgehead atoms. The molecule has 0 spiro atoms. The van der Waals surface area contributed by atoms with Crippen LogP contribution in [-0.4, -0.2) is 43.4 Å². The lowest BCUT2D eigenvalue weighted by Gasteiger charge is -2.33. The van der Waals surface area contributed by atoms with Crippen molar-refractivity contribution in [1.29, 1.82) is 0 Å². The van der Waals surface area contributed by atoms with E-state index in [1.807, 2.05) is 23.1 Å². The van der Waals surface area contributed by atoms with Gasteiger partial charge in [-0.3, -0.25) is 4.79 Å². The number of hydrogen-bond acceptors (Lipinski definition) is 5. The summed E-state index contributed by atoms with van der Waals surface area (Å²) in [5, 5.41) is 0. The zero-order chi connectivity index (χ0) is 20.0. The Bertz CT molecular complexity index is 1090. The topological polar surface area (TPSA) is 89.9 Å². The van der Waals surface area contributed by atoms with Gasteiger partial charge in [-0.15, -0.1) is 0 Å². The van der Waals surface area contributed by atoms with Crippen LogP contribution in [0.5, 0.6) is 0 Å². The van der Waals surface area contributed by atoms with Gasteiger partial charge in [-0.1, -0.05) is 12.1 Å². The Kier molecular flexibility index (Phi) is 4.45. The minimum Gasteiger partial charge on any atom is -0.368 e. The number of benzene rings is 1. The average Bonchev–Trinajstić information content (AvgIpc) is 3.09. The minimum absolute atomic E-state index is 0.0132. The maximum absolute atomic E-state index is 13.4. The van der Waals surface area contributed by atoms with Gasteiger partial charge in [0.05, 0.1) is 11.0 Å². The van der Waals surface area contributed by atoms with E-state index < -0.39 is 0 Å². The van der Waals surface area contributed by atoms with E-state index in [0.29, 0.717) is 12.2 Å². The molecular formula is C22H26N6O. The molecular weight excluding hydrogens is 364 g/mol. The maximum Gasteiger partial charge on any atom is 0.272 e. The zero-order valence-corrected chi connectivity index (χ0v) is 16.8. The number of nitrogen functional groups attached to an aromatic ring is 1. The van der Waals surface area contributed by atoms with Gasteiger partial charge in [0, 0.05) is 37.3 Å². The van der Waals surface area contributed by atoms with Crippen LogP contribution >= 0.6 is 0 Å². The van der Waals surface area contributed by atoms with Crippen molar-refractivity contribution >= 4 is 22.9 Å². The van der Waals surface area contributed by atoms with Gasteiger partial charge in [-0.05, 0) is 50.7 Å². The number of para-hydroxylation sites is 2. The number of amides is 1. The third-order valence-electron chi connectivity index (χ3n) is 6.30. The fourth-order valence-corrected chi connectivity index (χ4v) is 4.84. The number of hydrogen-bond donors (Lipinski definition) is 1. The average molecular weight is 390 g/mol. The van der Waals surface area contributed by atoms with Gasteiger partial charge in [-0.25, -0.2) is 15.0 Å². The third kappa shape index (κ3) is 3.14. The summed E-state index contributed by atoms with van der Waals surface area (Å²) >= 11 is 0. The van der Waals surface area contributed by atoms with Crippen LogP contribution in [0.4, 0.5) is 5.95 Å². The number of imidazole rings is 1. The summed E-state index contributed by atoms with van der Waals surface area (Å²) in [6, 6.07) is 8.18. The highest BCUT2D eigenvalue weighted by atomic mass is 16.2. The third-order valence-corrected chi connectivity index (χ3v) is 6.30. The van der Waals surface area contributed by atoms with Gasteiger partial charge in [0.15, 0.2) is 0 Å². The van der Waals surface area contributed by atoms with Crippen LogP contribution in [0.3, 0.4) is 0 Å². The number of nitrogens with two attached hydrogens (primary N) is 1. The SMILES string of the molecule is Cn1c(C2CCCN(C(=O)c3nc(N)nc4c3CCCC4)C2)nc2ccccc21. The molecule has 1 amide bonds. The fraction of sp³-hybridized carbons (Fsp3) is 0.455. The summed E-state index contributed by atoms with van der Waals surface area (Å²) in [6.45, 7) is 1.41. The van der Waals surface area contributed by atoms with E-state index in [-0.39, 0.29) is 17.8 Å². The molecule has 1 unspecified atom stereocenters. The molecule has 1 aromatic carbocycles. The number of carbonyl (C=O) groups excluding carboxylic acids is 1. The largest absolute Gasteiger partial charge is 0.368 e. The van der Waals surface area contributed by atoms with Crippen molar-refractivity contribution in [1.82, 2.24) is 24.4 Å². The normalized spacial score (nSPS) is 19.3. The van der Waals surface area contributed by atoms with Crippen molar-refractivity contribution in [2.45, 2.75) is 44.4 Å². The van der Waals surface area contributed by atoms with Crippen molar-refractivity contribution in [3.63, 3.8) is 0 Å². The number of piperidine rings is 1. The first-order valence-electron chi connectivity index (χ1n) is 10.5. The quantitative estimate of drug-likeness (QED) is 0.727. The van der Waals surface area contributed by atoms with Crippen LogP contribution in [0.25, 0.3) is 11.0 Å². The summed E-state index contributed by atoms with van der Waals surface area (Å²) in [7, 11) is 2.06. The monoisotopic (exact) mass is 390 g/mol. The molecule has 2 aromatic heterocycles. The van der Waals surface area contributed by atoms with Crippen molar-refractivity contribution in [2.24, 2.45) is 7.05 Å². The number of carbonyl (C=O) groups is 1. The van der Waals surface area contributed by atoms with Gasteiger partial charge < -0.3 is 15.2 Å². The second kappa shape index (κ2) is 7.13. The Morgan fingerprint density at radius 2 is 1.93 bits per heavy atom. The second-order valence-electron chi connectivity index (χ2n) is 8.17. The van der Waals surface area contributed by atoms with E-state index in [9.17, 15) is 4.79 Å². The lowest BCUT2D eigenvalue weighted by molar-refractivity contribution is 0.0696. The van der Waals surface area contributed by atoms with Gasteiger partial charge in [0.25, 0.3) is 5.91 Å². The highest BCUT2D eigenvalue weighted by molar-refractivity contribution is 5.94. The molecule has 1 fully saturated rings. The molecule has 29 heavy (non-hydrogen) atoms. The summed E-state index contributed by atoms with van der Waals surface area (Å²) < 4.78 is 2.17. The number of rotatable bonds is 2. The Balaban J connectivity index is 1.44. The molecule has 7 nitrogen and oxygen atoms in total. The van der Waals surface area contributed by atoms with Crippen LogP contribution in [0.15, 0.2) is 24.3 Å². The van der Waals surface area contributed by atoms with Gasteiger partial charge in [0.2, 0.25) is 5.95 Å². The van der Waals surface area contributed by atoms with Crippen LogP contribution < -0.4 is 5.73 Å². The van der Waals surface area contributed by atoms with Gasteiger partial charge in [0.1, 0.15) is 11.5 Å². The van der Waals surface area contributed by atoms with E-state index >= 15 is 0 Å². The van der Waals surface area contributed by atoms with Crippen LogP contribution in [-0.2, 0) is 19.9 Å². The number of nitrogens with zero attached hydrogens (tertiary/aromatic N) is 5. The van der Waals surface area contributed by atoms with Crippen molar-refractivity contribution in [2.75, 3.05) is 18.8 Å². The molecule has 0 radical (unpaired) electrons. The van der Waals surface area contributed by atoms with E-state index in [1.165, 1.54) is 0 Å². The summed E-state index contributed by atoms with van der Waals surface area (Å²) in [4.78, 5) is 29.0. The Morgan fingerprint density at radius 1 is 1.10 bits per heavy atom. The number of aromatic nitrogens is 4. The highest BCUT2D eigenvalue weighted by Gasteiger charge is 2.31. The number of likely N-dealkylation sites (tertiary alicyclic amines) is 1. The second-order valence-corrected chi connectivity index (χ2v) is 8.17. The molecule has 5 rings (SSSR count). The first kappa shape index (κ1) is 18.1.